The number of benzene rings is 1. The van der Waals surface area contributed by atoms with E-state index in [0.717, 1.165) is 29.2 Å². The smallest absolute Gasteiger partial charge is 0.339 e. The number of carbonyl (C=O) groups is 3. The highest BCUT2D eigenvalue weighted by Gasteiger charge is 2.37. The number of amides is 2. The van der Waals surface area contributed by atoms with Gasteiger partial charge in [-0.3, -0.25) is 9.59 Å². The van der Waals surface area contributed by atoms with Crippen LogP contribution in [0.2, 0.25) is 0 Å². The molecule has 2 fully saturated rings. The second-order valence-corrected chi connectivity index (χ2v) is 10.9. The van der Waals surface area contributed by atoms with Gasteiger partial charge in [0.15, 0.2) is 5.37 Å². The normalized spacial score (nSPS) is 18.4. The van der Waals surface area contributed by atoms with Crippen LogP contribution in [0.1, 0.15) is 50.3 Å². The second kappa shape index (κ2) is 10.4. The van der Waals surface area contributed by atoms with Crippen LogP contribution in [0.15, 0.2) is 41.9 Å². The van der Waals surface area contributed by atoms with Crippen molar-refractivity contribution in [2.75, 3.05) is 32.5 Å². The molecule has 1 aromatic carbocycles. The van der Waals surface area contributed by atoms with Crippen LogP contribution < -0.4 is 0 Å². The molecular formula is C25H27N5O4S2. The van der Waals surface area contributed by atoms with Crippen molar-refractivity contribution in [2.24, 2.45) is 0 Å². The van der Waals surface area contributed by atoms with Crippen molar-refractivity contribution in [3.8, 4) is 5.69 Å². The Morgan fingerprint density at radius 2 is 1.81 bits per heavy atom. The van der Waals surface area contributed by atoms with Crippen molar-refractivity contribution in [1.82, 2.24) is 24.6 Å². The van der Waals surface area contributed by atoms with E-state index in [1.54, 1.807) is 16.3 Å². The first-order valence-corrected chi connectivity index (χ1v) is 13.8. The molecule has 2 aromatic heterocycles. The molecule has 1 unspecified atom stereocenters. The van der Waals surface area contributed by atoms with Gasteiger partial charge in [-0.05, 0) is 31.9 Å². The molecule has 3 aromatic rings. The molecule has 0 N–H and O–H groups in total. The molecule has 2 amide bonds. The van der Waals surface area contributed by atoms with Gasteiger partial charge in [0, 0.05) is 36.7 Å². The van der Waals surface area contributed by atoms with Gasteiger partial charge in [0.25, 0.3) is 11.8 Å². The maximum Gasteiger partial charge on any atom is 0.339 e. The highest BCUT2D eigenvalue weighted by Crippen LogP contribution is 2.33. The maximum absolute atomic E-state index is 13.2. The number of rotatable bonds is 5. The number of esters is 1. The lowest BCUT2D eigenvalue weighted by Gasteiger charge is -2.31. The average Bonchev–Trinajstić information content (AvgIpc) is 3.68. The quantitative estimate of drug-likeness (QED) is 0.471. The van der Waals surface area contributed by atoms with Crippen molar-refractivity contribution in [1.29, 1.82) is 0 Å². The third kappa shape index (κ3) is 4.64. The molecular weight excluding hydrogens is 498 g/mol. The minimum atomic E-state index is -0.614. The first-order chi connectivity index (χ1) is 17.5. The maximum atomic E-state index is 13.2. The third-order valence-corrected chi connectivity index (χ3v) is 8.86. The highest BCUT2D eigenvalue weighted by molar-refractivity contribution is 8.00. The summed E-state index contributed by atoms with van der Waals surface area (Å²) in [6, 6.07) is 9.77. The number of nitrogens with zero attached hydrogens (tertiary/aromatic N) is 5. The summed E-state index contributed by atoms with van der Waals surface area (Å²) >= 11 is 2.88. The molecule has 11 heteroatoms. The van der Waals surface area contributed by atoms with Crippen LogP contribution in [0.25, 0.3) is 5.69 Å². The number of para-hydroxylation sites is 1. The summed E-state index contributed by atoms with van der Waals surface area (Å²) < 4.78 is 6.62. The molecule has 0 bridgehead atoms. The summed E-state index contributed by atoms with van der Waals surface area (Å²) in [5, 5.41) is 6.49. The van der Waals surface area contributed by atoms with E-state index in [2.05, 4.69) is 10.1 Å². The molecule has 188 valence electrons. The Morgan fingerprint density at radius 1 is 1.06 bits per heavy atom. The monoisotopic (exact) mass is 525 g/mol. The summed E-state index contributed by atoms with van der Waals surface area (Å²) in [6.45, 7) is 3.65. The van der Waals surface area contributed by atoms with Crippen molar-refractivity contribution in [3.63, 3.8) is 0 Å². The van der Waals surface area contributed by atoms with Crippen LogP contribution in [-0.4, -0.2) is 80.2 Å². The van der Waals surface area contributed by atoms with E-state index in [1.807, 2.05) is 42.2 Å². The molecule has 0 radical (unpaired) electrons. The molecule has 2 aliphatic heterocycles. The molecule has 0 spiro atoms. The Balaban J connectivity index is 1.21. The number of hydrogen-bond acceptors (Lipinski definition) is 8. The number of methoxy groups -OCH3 is 1. The van der Waals surface area contributed by atoms with Crippen LogP contribution in [-0.2, 0) is 9.53 Å². The van der Waals surface area contributed by atoms with E-state index in [1.165, 1.54) is 35.1 Å². The van der Waals surface area contributed by atoms with Crippen molar-refractivity contribution >= 4 is 40.9 Å². The van der Waals surface area contributed by atoms with Gasteiger partial charge in [-0.1, -0.05) is 18.2 Å². The van der Waals surface area contributed by atoms with Crippen LogP contribution in [0, 0.1) is 6.92 Å². The zero-order valence-corrected chi connectivity index (χ0v) is 21.8. The van der Waals surface area contributed by atoms with Gasteiger partial charge in [0.1, 0.15) is 5.69 Å². The zero-order valence-electron chi connectivity index (χ0n) is 20.1. The predicted molar refractivity (Wildman–Crippen MR) is 138 cm³/mol. The predicted octanol–water partition coefficient (Wildman–Crippen LogP) is 3.35. The van der Waals surface area contributed by atoms with Gasteiger partial charge < -0.3 is 14.5 Å². The molecule has 9 nitrogen and oxygen atoms in total. The van der Waals surface area contributed by atoms with E-state index in [4.69, 9.17) is 4.74 Å². The fourth-order valence-electron chi connectivity index (χ4n) is 4.64. The van der Waals surface area contributed by atoms with E-state index in [9.17, 15) is 14.4 Å². The number of hydrogen-bond donors (Lipinski definition) is 0. The number of likely N-dealkylation sites (tertiary alicyclic amines) is 1. The van der Waals surface area contributed by atoms with E-state index in [-0.39, 0.29) is 17.7 Å². The lowest BCUT2D eigenvalue weighted by Crippen LogP contribution is -2.40. The van der Waals surface area contributed by atoms with E-state index < -0.39 is 11.3 Å². The summed E-state index contributed by atoms with van der Waals surface area (Å²) in [5.74, 6) is 0.222. The molecule has 2 aliphatic rings. The standard InChI is InChI=1S/C25H27N5O4S2/c1-16-19(14-26-30(16)18-6-4-3-5-7-18)22(31)28-10-8-17(9-11-28)21-27-20(15-36-21)23(32)29-12-13-35-24(29)25(33)34-2/h3-7,14-15,17,24H,8-13H2,1-2H3. The number of thioether (sulfide) groups is 1. The molecule has 2 saturated heterocycles. The third-order valence-electron chi connectivity index (χ3n) is 6.67. The second-order valence-electron chi connectivity index (χ2n) is 8.77. The molecule has 5 rings (SSSR count). The Bertz CT molecular complexity index is 1270. The van der Waals surface area contributed by atoms with Gasteiger partial charge in [-0.2, -0.15) is 5.10 Å². The van der Waals surface area contributed by atoms with Gasteiger partial charge in [0.2, 0.25) is 0 Å². The topological polar surface area (TPSA) is 97.6 Å². The Labute approximate surface area is 217 Å². The van der Waals surface area contributed by atoms with Crippen molar-refractivity contribution in [3.05, 3.63) is 63.9 Å². The summed E-state index contributed by atoms with van der Waals surface area (Å²) in [7, 11) is 1.33. The van der Waals surface area contributed by atoms with Crippen LogP contribution in [0.4, 0.5) is 0 Å². The largest absolute Gasteiger partial charge is 0.467 e. The Kier molecular flexibility index (Phi) is 7.10. The van der Waals surface area contributed by atoms with Gasteiger partial charge in [-0.15, -0.1) is 23.1 Å². The zero-order chi connectivity index (χ0) is 25.2. The van der Waals surface area contributed by atoms with Crippen LogP contribution in [0.5, 0.6) is 0 Å². The minimum Gasteiger partial charge on any atom is -0.467 e. The summed E-state index contributed by atoms with van der Waals surface area (Å²) in [6.07, 6.45) is 3.21. The van der Waals surface area contributed by atoms with E-state index >= 15 is 0 Å². The fourth-order valence-corrected chi connectivity index (χ4v) is 6.75. The number of piperidine rings is 1. The first-order valence-electron chi connectivity index (χ1n) is 11.8. The summed E-state index contributed by atoms with van der Waals surface area (Å²) in [5.41, 5.74) is 2.73. The lowest BCUT2D eigenvalue weighted by atomic mass is 9.97. The lowest BCUT2D eigenvalue weighted by molar-refractivity contribution is -0.142. The van der Waals surface area contributed by atoms with Gasteiger partial charge >= 0.3 is 5.97 Å². The Hall–Kier alpha value is -3.18. The number of thiazole rings is 1. The molecule has 0 saturated carbocycles. The first kappa shape index (κ1) is 24.5. The van der Waals surface area contributed by atoms with Crippen molar-refractivity contribution < 1.29 is 19.1 Å². The molecule has 0 aliphatic carbocycles. The fraction of sp³-hybridized carbons (Fsp3) is 0.400. The van der Waals surface area contributed by atoms with Crippen LogP contribution >= 0.6 is 23.1 Å². The number of aromatic nitrogens is 3. The highest BCUT2D eigenvalue weighted by atomic mass is 32.2. The SMILES string of the molecule is COC(=O)C1SCCN1C(=O)c1csc(C2CCN(C(=O)c3cnn(-c4ccccc4)c3C)CC2)n1. The van der Waals surface area contributed by atoms with Gasteiger partial charge in [-0.25, -0.2) is 14.5 Å². The average molecular weight is 526 g/mol. The number of ether oxygens (including phenoxy) is 1. The van der Waals surface area contributed by atoms with Gasteiger partial charge in [0.05, 0.1) is 35.3 Å². The molecule has 1 atom stereocenters. The summed E-state index contributed by atoms with van der Waals surface area (Å²) in [4.78, 5) is 46.3. The Morgan fingerprint density at radius 3 is 2.53 bits per heavy atom. The van der Waals surface area contributed by atoms with Crippen LogP contribution in [0.3, 0.4) is 0 Å². The van der Waals surface area contributed by atoms with Crippen molar-refractivity contribution in [2.45, 2.75) is 31.1 Å². The van der Waals surface area contributed by atoms with E-state index in [0.29, 0.717) is 36.6 Å². The minimum absolute atomic E-state index is 0.0106. The molecule has 4 heterocycles. The number of carbonyl (C=O) groups excluding carboxylic acids is 3. The molecule has 36 heavy (non-hydrogen) atoms.